The molecule has 1 aliphatic rings. The third-order valence-electron chi connectivity index (χ3n) is 7.39. The van der Waals surface area contributed by atoms with E-state index in [-0.39, 0.29) is 22.0 Å². The third-order valence-corrected chi connectivity index (χ3v) is 8.53. The Morgan fingerprint density at radius 1 is 1.00 bits per heavy atom. The molecule has 0 bridgehead atoms. The molecule has 11 nitrogen and oxygen atoms in total. The Balaban J connectivity index is 1.56. The van der Waals surface area contributed by atoms with Crippen LogP contribution in [0.2, 0.25) is 0 Å². The second kappa shape index (κ2) is 10.5. The van der Waals surface area contributed by atoms with E-state index in [9.17, 15) is 18.0 Å². The number of pyridine rings is 1. The van der Waals surface area contributed by atoms with Crippen molar-refractivity contribution in [3.05, 3.63) is 83.2 Å². The predicted molar refractivity (Wildman–Crippen MR) is 158 cm³/mol. The number of fused-ring (bicyclic) bond motifs is 1. The highest BCUT2D eigenvalue weighted by Crippen LogP contribution is 2.32. The van der Waals surface area contributed by atoms with E-state index in [1.807, 2.05) is 25.1 Å². The molecular formula is C30H28N6O5S. The van der Waals surface area contributed by atoms with Gasteiger partial charge < -0.3 is 14.2 Å². The Bertz CT molecular complexity index is 2000. The van der Waals surface area contributed by atoms with Gasteiger partial charge in [-0.3, -0.25) is 14.6 Å². The van der Waals surface area contributed by atoms with E-state index in [0.717, 1.165) is 27.8 Å². The van der Waals surface area contributed by atoms with E-state index in [4.69, 9.17) is 9.52 Å². The smallest absolute Gasteiger partial charge is 0.298 e. The van der Waals surface area contributed by atoms with Crippen LogP contribution in [0, 0.1) is 6.92 Å². The van der Waals surface area contributed by atoms with Gasteiger partial charge in [-0.25, -0.2) is 13.4 Å². The first-order valence-corrected chi connectivity index (χ1v) is 15.2. The van der Waals surface area contributed by atoms with Crippen molar-refractivity contribution in [2.24, 2.45) is 0 Å². The molecule has 1 amide bonds. The summed E-state index contributed by atoms with van der Waals surface area (Å²) in [6, 6.07) is 14.2. The van der Waals surface area contributed by atoms with E-state index in [0.29, 0.717) is 48.6 Å². The van der Waals surface area contributed by atoms with E-state index in [1.165, 1.54) is 18.7 Å². The summed E-state index contributed by atoms with van der Waals surface area (Å²) < 4.78 is 32.5. The number of hydrogen-bond acceptors (Lipinski definition) is 9. The van der Waals surface area contributed by atoms with Crippen molar-refractivity contribution < 1.29 is 17.6 Å². The summed E-state index contributed by atoms with van der Waals surface area (Å²) in [5, 5.41) is 5.31. The predicted octanol–water partition coefficient (Wildman–Crippen LogP) is 3.48. The normalized spacial score (nSPS) is 14.0. The molecule has 0 unspecified atom stereocenters. The number of carbonyl (C=O) groups is 1. The monoisotopic (exact) mass is 584 g/mol. The van der Waals surface area contributed by atoms with Crippen molar-refractivity contribution in [3.8, 4) is 28.3 Å². The fourth-order valence-corrected chi connectivity index (χ4v) is 6.16. The number of aryl methyl sites for hydroxylation is 1. The van der Waals surface area contributed by atoms with Gasteiger partial charge in [0.2, 0.25) is 5.91 Å². The average molecular weight is 585 g/mol. The maximum absolute atomic E-state index is 13.9. The Labute approximate surface area is 242 Å². The van der Waals surface area contributed by atoms with Gasteiger partial charge in [-0.05, 0) is 61.0 Å². The third kappa shape index (κ3) is 5.05. The van der Waals surface area contributed by atoms with Crippen LogP contribution in [0.5, 0.6) is 0 Å². The number of rotatable bonds is 5. The van der Waals surface area contributed by atoms with E-state index >= 15 is 0 Å². The lowest BCUT2D eigenvalue weighted by atomic mass is 10.0. The van der Waals surface area contributed by atoms with Crippen molar-refractivity contribution in [1.29, 1.82) is 0 Å². The van der Waals surface area contributed by atoms with Gasteiger partial charge in [-0.15, -0.1) is 0 Å². The fourth-order valence-electron chi connectivity index (χ4n) is 5.32. The van der Waals surface area contributed by atoms with E-state index in [2.05, 4.69) is 14.9 Å². The molecule has 214 valence electrons. The minimum atomic E-state index is -3.75. The van der Waals surface area contributed by atoms with Crippen LogP contribution in [0.1, 0.15) is 12.5 Å². The Morgan fingerprint density at radius 3 is 2.45 bits per heavy atom. The van der Waals surface area contributed by atoms with Gasteiger partial charge >= 0.3 is 0 Å². The highest BCUT2D eigenvalue weighted by atomic mass is 32.2. The average Bonchev–Trinajstić information content (AvgIpc) is 3.52. The zero-order valence-corrected chi connectivity index (χ0v) is 24.1. The topological polar surface area (TPSA) is 132 Å². The van der Waals surface area contributed by atoms with Gasteiger partial charge in [0.1, 0.15) is 11.2 Å². The van der Waals surface area contributed by atoms with Crippen LogP contribution < -0.4 is 10.5 Å². The summed E-state index contributed by atoms with van der Waals surface area (Å²) in [6.07, 6.45) is 5.60. The molecule has 5 aromatic rings. The zero-order chi connectivity index (χ0) is 29.6. The van der Waals surface area contributed by atoms with E-state index in [1.54, 1.807) is 42.3 Å². The number of amides is 1. The number of benzene rings is 2. The number of carbonyl (C=O) groups excluding carboxylic acids is 1. The number of anilines is 1. The highest BCUT2D eigenvalue weighted by molar-refractivity contribution is 7.90. The summed E-state index contributed by atoms with van der Waals surface area (Å²) in [6.45, 7) is 5.70. The first-order valence-electron chi connectivity index (χ1n) is 13.3. The standard InChI is InChI=1S/C30H28N6O5S/c1-19-13-21(26-17-31-18-41-26)15-22(14-19)28-24-5-4-8-32-29(24)30(38)36(33-28)25-16-23(6-7-27(25)42(3,39)40)35-11-9-34(10-12-35)20(2)37/h4-8,13-18H,9-12H2,1-3H3. The van der Waals surface area contributed by atoms with Crippen molar-refractivity contribution in [3.63, 3.8) is 0 Å². The lowest BCUT2D eigenvalue weighted by molar-refractivity contribution is -0.129. The number of sulfone groups is 1. The first-order chi connectivity index (χ1) is 20.1. The fraction of sp³-hybridized carbons (Fsp3) is 0.233. The molecule has 0 aliphatic carbocycles. The molecule has 1 saturated heterocycles. The molecule has 1 aliphatic heterocycles. The molecule has 2 aromatic carbocycles. The van der Waals surface area contributed by atoms with Gasteiger partial charge in [0.25, 0.3) is 5.56 Å². The van der Waals surface area contributed by atoms with Gasteiger partial charge in [-0.2, -0.15) is 9.78 Å². The van der Waals surface area contributed by atoms with Crippen molar-refractivity contribution in [2.75, 3.05) is 37.3 Å². The van der Waals surface area contributed by atoms with Crippen LogP contribution >= 0.6 is 0 Å². The van der Waals surface area contributed by atoms with Gasteiger partial charge in [0.05, 0.1) is 16.8 Å². The summed E-state index contributed by atoms with van der Waals surface area (Å²) in [5.41, 5.74) is 3.34. The second-order valence-corrected chi connectivity index (χ2v) is 12.3. The molecule has 4 heterocycles. The summed E-state index contributed by atoms with van der Waals surface area (Å²) in [4.78, 5) is 37.9. The molecule has 0 saturated carbocycles. The number of aromatic nitrogens is 4. The van der Waals surface area contributed by atoms with Crippen molar-refractivity contribution in [1.82, 2.24) is 24.6 Å². The molecule has 6 rings (SSSR count). The molecule has 42 heavy (non-hydrogen) atoms. The Hall–Kier alpha value is -4.84. The minimum Gasteiger partial charge on any atom is -0.444 e. The van der Waals surface area contributed by atoms with Gasteiger partial charge in [0.15, 0.2) is 22.0 Å². The first kappa shape index (κ1) is 27.3. The maximum atomic E-state index is 13.9. The molecule has 0 N–H and O–H groups in total. The quantitative estimate of drug-likeness (QED) is 0.305. The Morgan fingerprint density at radius 2 is 1.76 bits per heavy atom. The van der Waals surface area contributed by atoms with Gasteiger partial charge in [-0.1, -0.05) is 0 Å². The SMILES string of the molecule is CC(=O)N1CCN(c2ccc(S(C)(=O)=O)c(-n3nc(-c4cc(C)cc(-c5cnco5)c4)c4cccnc4c3=O)c2)CC1. The largest absolute Gasteiger partial charge is 0.444 e. The highest BCUT2D eigenvalue weighted by Gasteiger charge is 2.24. The van der Waals surface area contributed by atoms with Crippen LogP contribution in [0.4, 0.5) is 5.69 Å². The van der Waals surface area contributed by atoms with E-state index < -0.39 is 15.4 Å². The lowest BCUT2D eigenvalue weighted by Gasteiger charge is -2.35. The molecule has 0 radical (unpaired) electrons. The van der Waals surface area contributed by atoms with Crippen LogP contribution in [0.15, 0.2) is 81.4 Å². The summed E-state index contributed by atoms with van der Waals surface area (Å²) >= 11 is 0. The summed E-state index contributed by atoms with van der Waals surface area (Å²) in [5.74, 6) is 0.588. The van der Waals surface area contributed by atoms with Crippen LogP contribution in [0.3, 0.4) is 0 Å². The molecule has 0 spiro atoms. The van der Waals surface area contributed by atoms with Crippen LogP contribution in [-0.2, 0) is 14.6 Å². The molecule has 3 aromatic heterocycles. The molecular weight excluding hydrogens is 556 g/mol. The molecule has 1 fully saturated rings. The zero-order valence-electron chi connectivity index (χ0n) is 23.3. The molecule has 0 atom stereocenters. The second-order valence-electron chi connectivity index (χ2n) is 10.3. The van der Waals surface area contributed by atoms with Crippen LogP contribution in [0.25, 0.3) is 39.2 Å². The summed E-state index contributed by atoms with van der Waals surface area (Å²) in [7, 11) is -3.75. The number of nitrogens with zero attached hydrogens (tertiary/aromatic N) is 6. The minimum absolute atomic E-state index is 0.0114. The number of hydrogen-bond donors (Lipinski definition) is 0. The van der Waals surface area contributed by atoms with Gasteiger partial charge in [0, 0.05) is 67.8 Å². The Kier molecular flexibility index (Phi) is 6.85. The van der Waals surface area contributed by atoms with Crippen LogP contribution in [-0.4, -0.2) is 71.4 Å². The number of piperazine rings is 1. The number of oxazole rings is 1. The lowest BCUT2D eigenvalue weighted by Crippen LogP contribution is -2.48. The maximum Gasteiger partial charge on any atom is 0.298 e. The van der Waals surface area contributed by atoms with Crippen molar-refractivity contribution in [2.45, 2.75) is 18.7 Å². The van der Waals surface area contributed by atoms with Crippen molar-refractivity contribution >= 4 is 32.3 Å². The molecule has 12 heteroatoms.